The van der Waals surface area contributed by atoms with Crippen molar-refractivity contribution in [2.45, 2.75) is 24.7 Å². The smallest absolute Gasteiger partial charge is 0.237 e. The molecule has 5 heterocycles. The zero-order valence-corrected chi connectivity index (χ0v) is 22.1. The van der Waals surface area contributed by atoms with Crippen LogP contribution in [0, 0.1) is 5.41 Å². The second-order valence-electron chi connectivity index (χ2n) is 11.5. The van der Waals surface area contributed by atoms with E-state index in [1.165, 1.54) is 6.26 Å². The Labute approximate surface area is 216 Å². The number of anilines is 3. The van der Waals surface area contributed by atoms with Gasteiger partial charge >= 0.3 is 0 Å². The maximum Gasteiger partial charge on any atom is 0.237 e. The third-order valence-electron chi connectivity index (χ3n) is 8.67. The average molecular weight is 519 g/mol. The number of carbonyl (C=O) groups excluding carboxylic acids is 1. The highest BCUT2D eigenvalue weighted by atomic mass is 32.2. The molecule has 7 rings (SSSR count). The van der Waals surface area contributed by atoms with Crippen molar-refractivity contribution in [2.75, 3.05) is 61.1 Å². The third-order valence-corrected chi connectivity index (χ3v) is 9.26. The molecular formula is C27H30N6O3S. The second kappa shape index (κ2) is 7.41. The van der Waals surface area contributed by atoms with Crippen molar-refractivity contribution in [3.63, 3.8) is 0 Å². The largest absolute Gasteiger partial charge is 0.353 e. The molecule has 2 saturated heterocycles. The molecule has 0 bridgehead atoms. The van der Waals surface area contributed by atoms with Gasteiger partial charge in [-0.25, -0.2) is 13.4 Å². The van der Waals surface area contributed by atoms with Crippen LogP contribution < -0.4 is 14.5 Å². The lowest BCUT2D eigenvalue weighted by atomic mass is 9.64. The maximum atomic E-state index is 13.2. The molecule has 192 valence electrons. The number of pyridine rings is 2. The number of likely N-dealkylation sites (tertiary alicyclic amines) is 1. The summed E-state index contributed by atoms with van der Waals surface area (Å²) in [6.45, 7) is 3.87. The first-order valence-corrected chi connectivity index (χ1v) is 14.6. The van der Waals surface area contributed by atoms with Crippen LogP contribution in [0.5, 0.6) is 0 Å². The van der Waals surface area contributed by atoms with Gasteiger partial charge < -0.3 is 14.7 Å². The molecular weight excluding hydrogens is 488 g/mol. The molecule has 3 fully saturated rings. The standard InChI is InChI=1S/C27H30N6O3S/c1-31-13-26(14-31)15-33(16-26)24-21(30-37(3,35)36)10-18(11-29-24)17-5-6-20-19(9-17)23-22(12-28-20)32(2)25(34)27(23)7-4-8-27/h5-6,9-12,30H,4,7-8,13-16H2,1-3H3. The van der Waals surface area contributed by atoms with E-state index in [1.54, 1.807) is 4.90 Å². The highest BCUT2D eigenvalue weighted by Crippen LogP contribution is 2.55. The SMILES string of the molecule is CN1CC2(C1)CN(c1ncc(-c3ccc4ncc5c(c4c3)C3(CCC3)C(=O)N5C)cc1NS(C)(=O)=O)C2. The Morgan fingerprint density at radius 1 is 0.973 bits per heavy atom. The summed E-state index contributed by atoms with van der Waals surface area (Å²) in [4.78, 5) is 28.8. The molecule has 2 aromatic heterocycles. The fourth-order valence-electron chi connectivity index (χ4n) is 7.00. The van der Waals surface area contributed by atoms with E-state index in [2.05, 4.69) is 32.6 Å². The summed E-state index contributed by atoms with van der Waals surface area (Å²) in [7, 11) is 0.461. The lowest BCUT2D eigenvalue weighted by molar-refractivity contribution is -0.125. The van der Waals surface area contributed by atoms with Crippen molar-refractivity contribution in [3.8, 4) is 11.1 Å². The van der Waals surface area contributed by atoms with Gasteiger partial charge in [-0.3, -0.25) is 14.5 Å². The van der Waals surface area contributed by atoms with Crippen molar-refractivity contribution in [1.29, 1.82) is 0 Å². The number of hydrogen-bond acceptors (Lipinski definition) is 7. The van der Waals surface area contributed by atoms with E-state index < -0.39 is 15.4 Å². The minimum atomic E-state index is -3.49. The van der Waals surface area contributed by atoms with Gasteiger partial charge in [-0.2, -0.15) is 0 Å². The minimum absolute atomic E-state index is 0.157. The number of amides is 1. The molecule has 1 N–H and O–H groups in total. The normalized spacial score (nSPS) is 21.6. The molecule has 0 radical (unpaired) electrons. The van der Waals surface area contributed by atoms with Gasteiger partial charge in [-0.1, -0.05) is 12.5 Å². The molecule has 2 spiro atoms. The van der Waals surface area contributed by atoms with Crippen LogP contribution >= 0.6 is 0 Å². The Kier molecular flexibility index (Phi) is 4.59. The molecule has 1 amide bonds. The highest BCUT2D eigenvalue weighted by Gasteiger charge is 2.54. The highest BCUT2D eigenvalue weighted by molar-refractivity contribution is 7.92. The summed E-state index contributed by atoms with van der Waals surface area (Å²) >= 11 is 0. The van der Waals surface area contributed by atoms with Gasteiger partial charge in [0.15, 0.2) is 5.82 Å². The average Bonchev–Trinajstić information content (AvgIpc) is 3.01. The molecule has 37 heavy (non-hydrogen) atoms. The molecule has 3 aromatic rings. The summed E-state index contributed by atoms with van der Waals surface area (Å²) in [5, 5.41) is 0.980. The topological polar surface area (TPSA) is 98.7 Å². The van der Waals surface area contributed by atoms with Crippen molar-refractivity contribution >= 4 is 44.0 Å². The number of fused-ring (bicyclic) bond motifs is 4. The molecule has 1 aliphatic carbocycles. The summed E-state index contributed by atoms with van der Waals surface area (Å²) in [6, 6.07) is 7.91. The number of hydrogen-bond donors (Lipinski definition) is 1. The first-order valence-electron chi connectivity index (χ1n) is 12.7. The van der Waals surface area contributed by atoms with E-state index in [1.807, 2.05) is 37.6 Å². The van der Waals surface area contributed by atoms with Crippen molar-refractivity contribution in [3.05, 3.63) is 42.2 Å². The first-order chi connectivity index (χ1) is 17.6. The van der Waals surface area contributed by atoms with E-state index in [0.717, 1.165) is 78.7 Å². The number of aromatic nitrogens is 2. The molecule has 4 aliphatic rings. The molecule has 3 aliphatic heterocycles. The van der Waals surface area contributed by atoms with E-state index in [0.29, 0.717) is 16.9 Å². The van der Waals surface area contributed by atoms with Crippen LogP contribution in [0.2, 0.25) is 0 Å². The predicted octanol–water partition coefficient (Wildman–Crippen LogP) is 2.82. The Hall–Kier alpha value is -3.24. The molecule has 10 heteroatoms. The van der Waals surface area contributed by atoms with E-state index in [-0.39, 0.29) is 5.91 Å². The summed E-state index contributed by atoms with van der Waals surface area (Å²) < 4.78 is 27.2. The molecule has 1 aromatic carbocycles. The lowest BCUT2D eigenvalue weighted by Gasteiger charge is -2.60. The van der Waals surface area contributed by atoms with Crippen LogP contribution in [-0.4, -0.2) is 75.7 Å². The minimum Gasteiger partial charge on any atom is -0.353 e. The predicted molar refractivity (Wildman–Crippen MR) is 145 cm³/mol. The summed E-state index contributed by atoms with van der Waals surface area (Å²) in [5.74, 6) is 0.822. The monoisotopic (exact) mass is 518 g/mol. The summed E-state index contributed by atoms with van der Waals surface area (Å²) in [6.07, 6.45) is 7.55. The molecule has 0 atom stereocenters. The molecule has 9 nitrogen and oxygen atoms in total. The number of nitrogens with zero attached hydrogens (tertiary/aromatic N) is 5. The Bertz CT molecular complexity index is 1590. The Morgan fingerprint density at radius 3 is 2.38 bits per heavy atom. The number of rotatable bonds is 4. The van der Waals surface area contributed by atoms with Crippen molar-refractivity contribution in [2.24, 2.45) is 5.41 Å². The Balaban J connectivity index is 1.30. The van der Waals surface area contributed by atoms with Crippen molar-refractivity contribution < 1.29 is 13.2 Å². The van der Waals surface area contributed by atoms with Gasteiger partial charge in [0.25, 0.3) is 0 Å². The van der Waals surface area contributed by atoms with Gasteiger partial charge in [0.1, 0.15) is 0 Å². The second-order valence-corrected chi connectivity index (χ2v) is 13.3. The van der Waals surface area contributed by atoms with E-state index in [9.17, 15) is 13.2 Å². The van der Waals surface area contributed by atoms with Crippen LogP contribution in [0.15, 0.2) is 36.7 Å². The van der Waals surface area contributed by atoms with Gasteiger partial charge in [-0.05, 0) is 43.7 Å². The number of likely N-dealkylation sites (N-methyl/N-ethyl adjacent to an activating group) is 1. The first kappa shape index (κ1) is 22.9. The Morgan fingerprint density at radius 2 is 1.73 bits per heavy atom. The van der Waals surface area contributed by atoms with Gasteiger partial charge in [0.2, 0.25) is 15.9 Å². The molecule has 1 saturated carbocycles. The summed E-state index contributed by atoms with van der Waals surface area (Å²) in [5.41, 5.74) is 4.88. The van der Waals surface area contributed by atoms with Gasteiger partial charge in [0.05, 0.1) is 34.8 Å². The lowest BCUT2D eigenvalue weighted by Crippen LogP contribution is -2.71. The van der Waals surface area contributed by atoms with Crippen LogP contribution in [-0.2, 0) is 20.2 Å². The zero-order valence-electron chi connectivity index (χ0n) is 21.3. The van der Waals surface area contributed by atoms with Crippen molar-refractivity contribution in [1.82, 2.24) is 14.9 Å². The quantitative estimate of drug-likeness (QED) is 0.567. The van der Waals surface area contributed by atoms with Crippen LogP contribution in [0.1, 0.15) is 24.8 Å². The number of benzene rings is 1. The third kappa shape index (κ3) is 3.31. The molecule has 0 unspecified atom stereocenters. The fourth-order valence-corrected chi connectivity index (χ4v) is 7.55. The number of carbonyl (C=O) groups is 1. The van der Waals surface area contributed by atoms with E-state index >= 15 is 0 Å². The number of sulfonamides is 1. The van der Waals surface area contributed by atoms with Crippen LogP contribution in [0.3, 0.4) is 0 Å². The number of nitrogens with one attached hydrogen (secondary N) is 1. The van der Waals surface area contributed by atoms with E-state index in [4.69, 9.17) is 4.98 Å². The van der Waals surface area contributed by atoms with Gasteiger partial charge in [-0.15, -0.1) is 0 Å². The zero-order chi connectivity index (χ0) is 25.7. The van der Waals surface area contributed by atoms with Gasteiger partial charge in [0, 0.05) is 61.4 Å². The maximum absolute atomic E-state index is 13.2. The van der Waals surface area contributed by atoms with Crippen LogP contribution in [0.25, 0.3) is 22.0 Å². The van der Waals surface area contributed by atoms with Crippen LogP contribution in [0.4, 0.5) is 17.2 Å². The fraction of sp³-hybridized carbons (Fsp3) is 0.444.